The van der Waals surface area contributed by atoms with E-state index in [4.69, 9.17) is 4.52 Å². The van der Waals surface area contributed by atoms with Crippen molar-refractivity contribution in [3.8, 4) is 11.4 Å². The summed E-state index contributed by atoms with van der Waals surface area (Å²) in [5.41, 5.74) is 3.28. The maximum absolute atomic E-state index is 13.2. The highest BCUT2D eigenvalue weighted by Crippen LogP contribution is 2.34. The molecule has 2 aliphatic heterocycles. The van der Waals surface area contributed by atoms with Crippen LogP contribution in [0.1, 0.15) is 55.0 Å². The third-order valence-electron chi connectivity index (χ3n) is 8.20. The maximum Gasteiger partial charge on any atom is 0.230 e. The normalized spacial score (nSPS) is 20.9. The molecule has 2 saturated heterocycles. The van der Waals surface area contributed by atoms with Gasteiger partial charge in [0.2, 0.25) is 23.5 Å². The molecule has 0 radical (unpaired) electrons. The summed E-state index contributed by atoms with van der Waals surface area (Å²) in [5.74, 6) is 1.80. The molecule has 1 saturated carbocycles. The summed E-state index contributed by atoms with van der Waals surface area (Å²) < 4.78 is 5.58. The second-order valence-corrected chi connectivity index (χ2v) is 10.9. The second-order valence-electron chi connectivity index (χ2n) is 10.9. The van der Waals surface area contributed by atoms with Gasteiger partial charge in [-0.3, -0.25) is 14.5 Å². The molecule has 1 unspecified atom stereocenters. The topological polar surface area (TPSA) is 82.8 Å². The third kappa shape index (κ3) is 5.50. The zero-order valence-corrected chi connectivity index (χ0v) is 21.8. The lowest BCUT2D eigenvalue weighted by Crippen LogP contribution is -2.50. The van der Waals surface area contributed by atoms with Crippen molar-refractivity contribution < 1.29 is 14.1 Å². The van der Waals surface area contributed by atoms with Crippen LogP contribution in [0.5, 0.6) is 0 Å². The van der Waals surface area contributed by atoms with Crippen molar-refractivity contribution in [1.82, 2.24) is 24.8 Å². The van der Waals surface area contributed by atoms with Crippen LogP contribution in [-0.4, -0.2) is 69.4 Å². The van der Waals surface area contributed by atoms with Crippen molar-refractivity contribution in [3.05, 3.63) is 71.6 Å². The highest BCUT2D eigenvalue weighted by atomic mass is 16.5. The summed E-state index contributed by atoms with van der Waals surface area (Å²) >= 11 is 0. The van der Waals surface area contributed by atoms with Gasteiger partial charge in [-0.1, -0.05) is 66.5 Å². The minimum atomic E-state index is -0.237. The molecular weight excluding hydrogens is 478 g/mol. The first-order valence-electron chi connectivity index (χ1n) is 13.9. The Hall–Kier alpha value is -3.52. The largest absolute Gasteiger partial charge is 0.340 e. The molecule has 1 aliphatic carbocycles. The Labute approximate surface area is 223 Å². The number of nitrogens with zero attached hydrogens (tertiary/aromatic N) is 5. The Kier molecular flexibility index (Phi) is 7.22. The Bertz CT molecular complexity index is 1260. The third-order valence-corrected chi connectivity index (χ3v) is 8.20. The number of amides is 2. The molecule has 3 aliphatic rings. The Balaban J connectivity index is 1.01. The van der Waals surface area contributed by atoms with Crippen LogP contribution < -0.4 is 0 Å². The van der Waals surface area contributed by atoms with Crippen molar-refractivity contribution in [2.75, 3.05) is 32.7 Å². The highest BCUT2D eigenvalue weighted by Gasteiger charge is 2.37. The minimum Gasteiger partial charge on any atom is -0.340 e. The number of hydrogen-bond donors (Lipinski definition) is 0. The lowest BCUT2D eigenvalue weighted by Gasteiger charge is -2.36. The number of carbonyl (C=O) groups is 2. The molecule has 0 bridgehead atoms. The van der Waals surface area contributed by atoms with Gasteiger partial charge in [-0.2, -0.15) is 4.98 Å². The molecule has 6 rings (SSSR count). The fourth-order valence-electron chi connectivity index (χ4n) is 6.04. The van der Waals surface area contributed by atoms with Gasteiger partial charge in [0.05, 0.1) is 5.92 Å². The molecule has 0 N–H and O–H groups in total. The number of carbonyl (C=O) groups excluding carboxylic acids is 2. The zero-order valence-electron chi connectivity index (χ0n) is 21.8. The molecule has 3 fully saturated rings. The van der Waals surface area contributed by atoms with Crippen molar-refractivity contribution in [2.24, 2.45) is 5.92 Å². The fourth-order valence-corrected chi connectivity index (χ4v) is 6.04. The van der Waals surface area contributed by atoms with E-state index in [1.165, 1.54) is 18.4 Å². The van der Waals surface area contributed by atoms with Crippen LogP contribution >= 0.6 is 0 Å². The van der Waals surface area contributed by atoms with Crippen LogP contribution in [0.25, 0.3) is 11.4 Å². The van der Waals surface area contributed by atoms with Gasteiger partial charge < -0.3 is 14.3 Å². The van der Waals surface area contributed by atoms with E-state index in [0.29, 0.717) is 44.3 Å². The van der Waals surface area contributed by atoms with Crippen molar-refractivity contribution in [3.63, 3.8) is 0 Å². The molecule has 3 aromatic rings. The standard InChI is InChI=1S/C30H35N5O3/c36-27-18-26(21-35(27)20-22-7-2-1-3-8-22)30(37)34-15-13-33(14-16-34)19-23-9-6-12-25(17-23)28-31-29(38-32-28)24-10-4-5-11-24/h1-3,6-9,12,17,24,26H,4-5,10-11,13-16,18-21H2. The van der Waals surface area contributed by atoms with E-state index < -0.39 is 0 Å². The van der Waals surface area contributed by atoms with E-state index in [-0.39, 0.29) is 17.7 Å². The molecule has 2 aromatic carbocycles. The van der Waals surface area contributed by atoms with Gasteiger partial charge in [-0.15, -0.1) is 0 Å². The van der Waals surface area contributed by atoms with Crippen LogP contribution in [0.4, 0.5) is 0 Å². The summed E-state index contributed by atoms with van der Waals surface area (Å²) in [4.78, 5) is 36.6. The van der Waals surface area contributed by atoms with Crippen LogP contribution in [-0.2, 0) is 22.7 Å². The van der Waals surface area contributed by atoms with E-state index in [1.54, 1.807) is 0 Å². The van der Waals surface area contributed by atoms with Gasteiger partial charge in [-0.25, -0.2) is 0 Å². The summed E-state index contributed by atoms with van der Waals surface area (Å²) in [6.45, 7) is 4.92. The van der Waals surface area contributed by atoms with Gasteiger partial charge in [0.1, 0.15) is 0 Å². The number of aromatic nitrogens is 2. The van der Waals surface area contributed by atoms with E-state index in [0.717, 1.165) is 49.5 Å². The lowest BCUT2D eigenvalue weighted by molar-refractivity contribution is -0.137. The van der Waals surface area contributed by atoms with Gasteiger partial charge in [0.15, 0.2) is 0 Å². The van der Waals surface area contributed by atoms with Gasteiger partial charge in [0, 0.05) is 63.7 Å². The van der Waals surface area contributed by atoms with Crippen LogP contribution in [0, 0.1) is 5.92 Å². The number of hydrogen-bond acceptors (Lipinski definition) is 6. The van der Waals surface area contributed by atoms with Gasteiger partial charge in [-0.05, 0) is 30.0 Å². The average molecular weight is 514 g/mol. The first-order valence-corrected chi connectivity index (χ1v) is 13.9. The minimum absolute atomic E-state index is 0.0719. The van der Waals surface area contributed by atoms with Gasteiger partial charge >= 0.3 is 0 Å². The van der Waals surface area contributed by atoms with Gasteiger partial charge in [0.25, 0.3) is 0 Å². The molecule has 1 aromatic heterocycles. The van der Waals surface area contributed by atoms with Crippen LogP contribution in [0.15, 0.2) is 59.1 Å². The molecular formula is C30H35N5O3. The molecule has 2 amide bonds. The SMILES string of the molecule is O=C1CC(C(=O)N2CCN(Cc3cccc(-c4noc(C5CCCC5)n4)c3)CC2)CN1Cc1ccccc1. The summed E-state index contributed by atoms with van der Waals surface area (Å²) in [6.07, 6.45) is 5.07. The molecule has 8 nitrogen and oxygen atoms in total. The molecule has 1 atom stereocenters. The maximum atomic E-state index is 13.2. The predicted octanol–water partition coefficient (Wildman–Crippen LogP) is 4.09. The summed E-state index contributed by atoms with van der Waals surface area (Å²) in [6, 6.07) is 18.3. The number of piperazine rings is 1. The zero-order chi connectivity index (χ0) is 25.9. The number of benzene rings is 2. The quantitative estimate of drug-likeness (QED) is 0.473. The monoisotopic (exact) mass is 513 g/mol. The molecule has 0 spiro atoms. The number of rotatable bonds is 7. The average Bonchev–Trinajstić information content (AvgIpc) is 3.72. The summed E-state index contributed by atoms with van der Waals surface area (Å²) in [5, 5.41) is 4.25. The smallest absolute Gasteiger partial charge is 0.230 e. The molecule has 8 heteroatoms. The van der Waals surface area contributed by atoms with Crippen molar-refractivity contribution in [2.45, 2.75) is 51.1 Å². The highest BCUT2D eigenvalue weighted by molar-refractivity contribution is 5.89. The molecule has 38 heavy (non-hydrogen) atoms. The molecule has 3 heterocycles. The number of likely N-dealkylation sites (tertiary alicyclic amines) is 1. The predicted molar refractivity (Wildman–Crippen MR) is 143 cm³/mol. The second kappa shape index (κ2) is 11.1. The van der Waals surface area contributed by atoms with Crippen molar-refractivity contribution in [1.29, 1.82) is 0 Å². The van der Waals surface area contributed by atoms with Crippen LogP contribution in [0.3, 0.4) is 0 Å². The van der Waals surface area contributed by atoms with Crippen molar-refractivity contribution >= 4 is 11.8 Å². The Morgan fingerprint density at radius 2 is 1.68 bits per heavy atom. The Morgan fingerprint density at radius 3 is 2.47 bits per heavy atom. The van der Waals surface area contributed by atoms with E-state index in [2.05, 4.69) is 27.2 Å². The summed E-state index contributed by atoms with van der Waals surface area (Å²) in [7, 11) is 0. The molecule has 198 valence electrons. The van der Waals surface area contributed by atoms with E-state index >= 15 is 0 Å². The van der Waals surface area contributed by atoms with Crippen LogP contribution in [0.2, 0.25) is 0 Å². The lowest BCUT2D eigenvalue weighted by atomic mass is 10.1. The Morgan fingerprint density at radius 1 is 0.921 bits per heavy atom. The van der Waals surface area contributed by atoms with E-state index in [1.807, 2.05) is 52.3 Å². The fraction of sp³-hybridized carbons (Fsp3) is 0.467. The first-order chi connectivity index (χ1) is 18.6. The first kappa shape index (κ1) is 24.8. The van der Waals surface area contributed by atoms with E-state index in [9.17, 15) is 9.59 Å².